The summed E-state index contributed by atoms with van der Waals surface area (Å²) in [5.41, 5.74) is 1.46. The highest BCUT2D eigenvalue weighted by atomic mass is 16.5. The van der Waals surface area contributed by atoms with E-state index in [1.165, 1.54) is 0 Å². The van der Waals surface area contributed by atoms with Crippen molar-refractivity contribution in [2.24, 2.45) is 5.41 Å². The van der Waals surface area contributed by atoms with E-state index in [-0.39, 0.29) is 23.0 Å². The van der Waals surface area contributed by atoms with Crippen LogP contribution in [0.25, 0.3) is 0 Å². The lowest BCUT2D eigenvalue weighted by Gasteiger charge is -2.47. The van der Waals surface area contributed by atoms with E-state index in [2.05, 4.69) is 0 Å². The van der Waals surface area contributed by atoms with Crippen molar-refractivity contribution >= 4 is 11.8 Å². The summed E-state index contributed by atoms with van der Waals surface area (Å²) in [6, 6.07) is 5.13. The number of hydrogen-bond donors (Lipinski definition) is 1. The third-order valence-corrected chi connectivity index (χ3v) is 6.02. The van der Waals surface area contributed by atoms with E-state index >= 15 is 0 Å². The van der Waals surface area contributed by atoms with Gasteiger partial charge in [0.15, 0.2) is 0 Å². The Balaban J connectivity index is 1.61. The Kier molecular flexibility index (Phi) is 6.05. The van der Waals surface area contributed by atoms with Crippen LogP contribution < -0.4 is 0 Å². The molecule has 3 rings (SSSR count). The van der Waals surface area contributed by atoms with E-state index in [0.717, 1.165) is 44.3 Å². The second kappa shape index (κ2) is 8.30. The molecule has 6 nitrogen and oxygen atoms in total. The maximum absolute atomic E-state index is 12.8. The van der Waals surface area contributed by atoms with E-state index in [1.807, 2.05) is 16.7 Å². The minimum absolute atomic E-state index is 0.0402. The van der Waals surface area contributed by atoms with Gasteiger partial charge in [-0.2, -0.15) is 0 Å². The van der Waals surface area contributed by atoms with E-state index in [1.54, 1.807) is 25.3 Å². The molecule has 0 unspecified atom stereocenters. The topological polar surface area (TPSA) is 70.1 Å². The molecule has 0 saturated carbocycles. The normalized spacial score (nSPS) is 19.6. The number of likely N-dealkylation sites (tertiary alicyclic amines) is 2. The molecule has 1 aromatic carbocycles. The second-order valence-electron chi connectivity index (χ2n) is 7.97. The zero-order valence-corrected chi connectivity index (χ0v) is 16.4. The van der Waals surface area contributed by atoms with Crippen LogP contribution in [0.15, 0.2) is 18.2 Å². The van der Waals surface area contributed by atoms with Crippen LogP contribution in [-0.2, 0) is 9.53 Å². The summed E-state index contributed by atoms with van der Waals surface area (Å²) in [5, 5.41) is 10.0. The van der Waals surface area contributed by atoms with Crippen molar-refractivity contribution in [1.82, 2.24) is 9.80 Å². The first-order valence-electron chi connectivity index (χ1n) is 9.80. The molecular formula is C21H30N2O4. The average Bonchev–Trinajstić information content (AvgIpc) is 2.67. The molecule has 1 spiro atoms. The van der Waals surface area contributed by atoms with Crippen molar-refractivity contribution in [1.29, 1.82) is 0 Å². The quantitative estimate of drug-likeness (QED) is 0.804. The number of hydrogen-bond acceptors (Lipinski definition) is 4. The maximum atomic E-state index is 12.8. The molecule has 0 bridgehead atoms. The van der Waals surface area contributed by atoms with E-state index < -0.39 is 0 Å². The smallest absolute Gasteiger partial charge is 0.257 e. The van der Waals surface area contributed by atoms with Gasteiger partial charge < -0.3 is 19.6 Å². The SMILES string of the molecule is COCCCN1CC2(CCC1=O)CCN(C(=O)c1cc(C)ccc1O)CC2. The lowest BCUT2D eigenvalue weighted by Crippen LogP contribution is -2.52. The first-order chi connectivity index (χ1) is 12.9. The Morgan fingerprint density at radius 1 is 1.26 bits per heavy atom. The molecule has 0 aromatic heterocycles. The molecule has 2 heterocycles. The van der Waals surface area contributed by atoms with Gasteiger partial charge in [-0.25, -0.2) is 0 Å². The number of aromatic hydroxyl groups is 1. The Labute approximate surface area is 161 Å². The van der Waals surface area contributed by atoms with Gasteiger partial charge in [-0.1, -0.05) is 11.6 Å². The van der Waals surface area contributed by atoms with Crippen molar-refractivity contribution in [3.63, 3.8) is 0 Å². The fourth-order valence-electron chi connectivity index (χ4n) is 4.29. The number of carbonyl (C=O) groups is 2. The van der Waals surface area contributed by atoms with Crippen LogP contribution in [0.3, 0.4) is 0 Å². The van der Waals surface area contributed by atoms with Gasteiger partial charge in [0.05, 0.1) is 5.56 Å². The molecule has 2 saturated heterocycles. The number of methoxy groups -OCH3 is 1. The number of benzene rings is 1. The summed E-state index contributed by atoms with van der Waals surface area (Å²) in [5.74, 6) is 0.174. The molecule has 0 aliphatic carbocycles. The molecule has 6 heteroatoms. The summed E-state index contributed by atoms with van der Waals surface area (Å²) >= 11 is 0. The highest BCUT2D eigenvalue weighted by molar-refractivity contribution is 5.97. The Morgan fingerprint density at radius 3 is 2.70 bits per heavy atom. The second-order valence-corrected chi connectivity index (χ2v) is 7.97. The van der Waals surface area contributed by atoms with Crippen LogP contribution in [0.1, 0.15) is 48.0 Å². The number of ether oxygens (including phenoxy) is 1. The molecule has 2 fully saturated rings. The Morgan fingerprint density at radius 2 is 2.00 bits per heavy atom. The highest BCUT2D eigenvalue weighted by Crippen LogP contribution is 2.40. The Hall–Kier alpha value is -2.08. The third kappa shape index (κ3) is 4.43. The average molecular weight is 374 g/mol. The molecule has 0 radical (unpaired) electrons. The standard InChI is InChI=1S/C21H30N2O4/c1-16-4-5-18(24)17(14-16)20(26)22-11-8-21(9-12-22)7-6-19(25)23(15-21)10-3-13-27-2/h4-5,14,24H,3,6-13,15H2,1-2H3. The number of piperidine rings is 2. The molecule has 1 N–H and O–H groups in total. The van der Waals surface area contributed by atoms with Crippen LogP contribution in [-0.4, -0.2) is 66.6 Å². The van der Waals surface area contributed by atoms with Crippen molar-refractivity contribution in [2.75, 3.05) is 39.9 Å². The van der Waals surface area contributed by atoms with Crippen LogP contribution >= 0.6 is 0 Å². The van der Waals surface area contributed by atoms with E-state index in [0.29, 0.717) is 31.7 Å². The van der Waals surface area contributed by atoms with Crippen molar-refractivity contribution in [3.05, 3.63) is 29.3 Å². The summed E-state index contributed by atoms with van der Waals surface area (Å²) in [4.78, 5) is 28.9. The van der Waals surface area contributed by atoms with Gasteiger partial charge in [0.25, 0.3) is 5.91 Å². The predicted molar refractivity (Wildman–Crippen MR) is 103 cm³/mol. The van der Waals surface area contributed by atoms with Gasteiger partial charge in [0, 0.05) is 46.3 Å². The minimum atomic E-state index is -0.102. The molecule has 27 heavy (non-hydrogen) atoms. The molecule has 2 aliphatic rings. The predicted octanol–water partition coefficient (Wildman–Crippen LogP) is 2.58. The highest BCUT2D eigenvalue weighted by Gasteiger charge is 2.41. The van der Waals surface area contributed by atoms with E-state index in [4.69, 9.17) is 4.74 Å². The van der Waals surface area contributed by atoms with Gasteiger partial charge in [-0.05, 0) is 50.2 Å². The number of rotatable bonds is 5. The molecular weight excluding hydrogens is 344 g/mol. The summed E-state index contributed by atoms with van der Waals surface area (Å²) in [6.45, 7) is 5.46. The van der Waals surface area contributed by atoms with Crippen LogP contribution in [0, 0.1) is 12.3 Å². The molecule has 2 amide bonds. The fourth-order valence-corrected chi connectivity index (χ4v) is 4.29. The molecule has 1 aromatic rings. The summed E-state index contributed by atoms with van der Waals surface area (Å²) < 4.78 is 5.10. The number of amides is 2. The lowest BCUT2D eigenvalue weighted by molar-refractivity contribution is -0.139. The fraction of sp³-hybridized carbons (Fsp3) is 0.619. The van der Waals surface area contributed by atoms with Gasteiger partial charge in [0.2, 0.25) is 5.91 Å². The van der Waals surface area contributed by atoms with Gasteiger partial charge >= 0.3 is 0 Å². The van der Waals surface area contributed by atoms with Gasteiger partial charge in [0.1, 0.15) is 5.75 Å². The van der Waals surface area contributed by atoms with Crippen molar-refractivity contribution in [2.45, 2.75) is 39.0 Å². The molecule has 2 aliphatic heterocycles. The van der Waals surface area contributed by atoms with Crippen molar-refractivity contribution < 1.29 is 19.4 Å². The van der Waals surface area contributed by atoms with Gasteiger partial charge in [-0.15, -0.1) is 0 Å². The monoisotopic (exact) mass is 374 g/mol. The number of phenols is 1. The third-order valence-electron chi connectivity index (χ3n) is 6.02. The number of carbonyl (C=O) groups excluding carboxylic acids is 2. The van der Waals surface area contributed by atoms with Gasteiger partial charge in [-0.3, -0.25) is 9.59 Å². The van der Waals surface area contributed by atoms with Crippen LogP contribution in [0.2, 0.25) is 0 Å². The number of nitrogens with zero attached hydrogens (tertiary/aromatic N) is 2. The molecule has 148 valence electrons. The maximum Gasteiger partial charge on any atom is 0.257 e. The van der Waals surface area contributed by atoms with Crippen LogP contribution in [0.5, 0.6) is 5.75 Å². The first-order valence-corrected chi connectivity index (χ1v) is 9.80. The van der Waals surface area contributed by atoms with E-state index in [9.17, 15) is 14.7 Å². The summed E-state index contributed by atoms with van der Waals surface area (Å²) in [6.07, 6.45) is 4.16. The largest absolute Gasteiger partial charge is 0.507 e. The van der Waals surface area contributed by atoms with Crippen LogP contribution in [0.4, 0.5) is 0 Å². The lowest BCUT2D eigenvalue weighted by atomic mass is 9.72. The summed E-state index contributed by atoms with van der Waals surface area (Å²) in [7, 11) is 1.68. The number of phenolic OH excluding ortho intramolecular Hbond substituents is 1. The molecule has 0 atom stereocenters. The zero-order chi connectivity index (χ0) is 19.4. The first kappa shape index (κ1) is 19.7. The Bertz CT molecular complexity index is 695. The number of aryl methyl sites for hydroxylation is 1. The zero-order valence-electron chi connectivity index (χ0n) is 16.4. The van der Waals surface area contributed by atoms with Crippen molar-refractivity contribution in [3.8, 4) is 5.75 Å². The minimum Gasteiger partial charge on any atom is -0.507 e.